The number of methoxy groups -OCH3 is 1. The van der Waals surface area contributed by atoms with Gasteiger partial charge in [0.25, 0.3) is 5.91 Å². The Morgan fingerprint density at radius 3 is 2.30 bits per heavy atom. The molecule has 33 heavy (non-hydrogen) atoms. The van der Waals surface area contributed by atoms with Crippen LogP contribution in [0.5, 0.6) is 5.75 Å². The number of nitrogens with zero attached hydrogens (tertiary/aromatic N) is 1. The predicted octanol–water partition coefficient (Wildman–Crippen LogP) is 2.69. The first-order chi connectivity index (χ1) is 15.7. The van der Waals surface area contributed by atoms with Gasteiger partial charge in [0.15, 0.2) is 0 Å². The second-order valence-electron chi connectivity index (χ2n) is 8.99. The summed E-state index contributed by atoms with van der Waals surface area (Å²) >= 11 is 0. The average Bonchev–Trinajstić information content (AvgIpc) is 2.83. The minimum Gasteiger partial charge on any atom is -0.497 e. The topological polar surface area (TPSA) is 125 Å². The van der Waals surface area contributed by atoms with Gasteiger partial charge in [-0.25, -0.2) is 18.6 Å². The molecule has 1 aromatic carbocycles. The molecular formula is C23H37N3O6S. The number of nitrogens with one attached hydrogen (secondary N) is 2. The van der Waals surface area contributed by atoms with Gasteiger partial charge in [-0.15, -0.1) is 0 Å². The lowest BCUT2D eigenvalue weighted by molar-refractivity contribution is -0.157. The summed E-state index contributed by atoms with van der Waals surface area (Å²) in [4.78, 5) is 28.2. The minimum absolute atomic E-state index is 0.0593. The summed E-state index contributed by atoms with van der Waals surface area (Å²) in [6.07, 6.45) is 4.13. The normalized spacial score (nSPS) is 16.3. The van der Waals surface area contributed by atoms with Crippen LogP contribution in [0.3, 0.4) is 0 Å². The molecule has 10 heteroatoms. The van der Waals surface area contributed by atoms with E-state index in [0.29, 0.717) is 25.3 Å². The number of rotatable bonds is 12. The van der Waals surface area contributed by atoms with Crippen molar-refractivity contribution in [2.75, 3.05) is 26.7 Å². The number of piperidine rings is 1. The maximum absolute atomic E-state index is 13.5. The van der Waals surface area contributed by atoms with E-state index in [4.69, 9.17) is 4.74 Å². The molecule has 3 N–H and O–H groups in total. The molecule has 2 amide bonds. The molecule has 0 unspecified atom stereocenters. The quantitative estimate of drug-likeness (QED) is 0.182. The fraction of sp³-hybridized carbons (Fsp3) is 0.652. The molecule has 0 bridgehead atoms. The summed E-state index contributed by atoms with van der Waals surface area (Å²) < 4.78 is 32.8. The monoisotopic (exact) mass is 483 g/mol. The first-order valence-corrected chi connectivity index (χ1v) is 13.0. The summed E-state index contributed by atoms with van der Waals surface area (Å²) in [6, 6.07) is 6.03. The second-order valence-corrected chi connectivity index (χ2v) is 10.8. The van der Waals surface area contributed by atoms with Crippen LogP contribution in [0.1, 0.15) is 58.8 Å². The van der Waals surface area contributed by atoms with Crippen LogP contribution in [-0.2, 0) is 19.6 Å². The molecule has 0 aromatic heterocycles. The van der Waals surface area contributed by atoms with Gasteiger partial charge in [-0.3, -0.25) is 14.8 Å². The highest BCUT2D eigenvalue weighted by molar-refractivity contribution is 7.89. The zero-order chi connectivity index (χ0) is 24.5. The van der Waals surface area contributed by atoms with E-state index < -0.39 is 21.3 Å². The molecule has 2 rings (SSSR count). The molecule has 1 aliphatic heterocycles. The lowest BCUT2D eigenvalue weighted by Gasteiger charge is -2.37. The van der Waals surface area contributed by atoms with Crippen molar-refractivity contribution in [3.63, 3.8) is 0 Å². The van der Waals surface area contributed by atoms with Gasteiger partial charge in [0.1, 0.15) is 11.2 Å². The number of likely N-dealkylation sites (tertiary alicyclic amines) is 1. The summed E-state index contributed by atoms with van der Waals surface area (Å²) in [5.74, 6) is -0.196. The molecule has 0 aliphatic carbocycles. The third-order valence-corrected chi connectivity index (χ3v) is 7.66. The van der Waals surface area contributed by atoms with Crippen LogP contribution in [0, 0.1) is 11.3 Å². The van der Waals surface area contributed by atoms with Crippen LogP contribution in [-0.4, -0.2) is 57.1 Å². The average molecular weight is 484 g/mol. The number of sulfonamides is 1. The fourth-order valence-corrected chi connectivity index (χ4v) is 5.21. The number of benzene rings is 1. The molecular weight excluding hydrogens is 446 g/mol. The number of carbonyl (C=O) groups excluding carboxylic acids is 2. The smallest absolute Gasteiger partial charge is 0.259 e. The molecule has 1 aromatic rings. The minimum atomic E-state index is -3.75. The third-order valence-electron chi connectivity index (χ3n) is 6.18. The van der Waals surface area contributed by atoms with E-state index >= 15 is 0 Å². The molecule has 0 saturated carbocycles. The van der Waals surface area contributed by atoms with E-state index in [2.05, 4.69) is 4.72 Å². The maximum atomic E-state index is 13.5. The van der Waals surface area contributed by atoms with Crippen molar-refractivity contribution < 1.29 is 28.0 Å². The summed E-state index contributed by atoms with van der Waals surface area (Å²) in [6.45, 7) is 5.26. The van der Waals surface area contributed by atoms with Gasteiger partial charge < -0.3 is 9.64 Å². The van der Waals surface area contributed by atoms with Crippen LogP contribution in [0.25, 0.3) is 0 Å². The Labute approximate surface area is 196 Å². The summed E-state index contributed by atoms with van der Waals surface area (Å²) in [5.41, 5.74) is 0.278. The molecule has 186 valence electrons. The predicted molar refractivity (Wildman–Crippen MR) is 124 cm³/mol. The Balaban J connectivity index is 2.13. The van der Waals surface area contributed by atoms with E-state index in [-0.39, 0.29) is 42.5 Å². The Kier molecular flexibility index (Phi) is 10.1. The van der Waals surface area contributed by atoms with Gasteiger partial charge in [-0.1, -0.05) is 13.8 Å². The number of amides is 2. The van der Waals surface area contributed by atoms with E-state index in [0.717, 1.165) is 19.3 Å². The highest BCUT2D eigenvalue weighted by Gasteiger charge is 2.47. The Bertz CT molecular complexity index is 882. The zero-order valence-electron chi connectivity index (χ0n) is 19.8. The highest BCUT2D eigenvalue weighted by Crippen LogP contribution is 2.35. The Morgan fingerprint density at radius 1 is 1.12 bits per heavy atom. The van der Waals surface area contributed by atoms with Crippen molar-refractivity contribution in [1.82, 2.24) is 15.1 Å². The number of ether oxygens (including phenoxy) is 1. The van der Waals surface area contributed by atoms with Crippen molar-refractivity contribution in [2.45, 2.75) is 63.7 Å². The van der Waals surface area contributed by atoms with Gasteiger partial charge in [0.05, 0.1) is 12.0 Å². The maximum Gasteiger partial charge on any atom is 0.259 e. The van der Waals surface area contributed by atoms with E-state index in [1.165, 1.54) is 19.2 Å². The van der Waals surface area contributed by atoms with Crippen LogP contribution < -0.4 is 14.9 Å². The second kappa shape index (κ2) is 12.3. The fourth-order valence-electron chi connectivity index (χ4n) is 4.14. The summed E-state index contributed by atoms with van der Waals surface area (Å²) in [7, 11) is -2.25. The van der Waals surface area contributed by atoms with Gasteiger partial charge >= 0.3 is 0 Å². The van der Waals surface area contributed by atoms with Crippen molar-refractivity contribution in [2.24, 2.45) is 11.3 Å². The first-order valence-electron chi connectivity index (χ1n) is 11.5. The molecule has 9 nitrogen and oxygen atoms in total. The first kappa shape index (κ1) is 27.1. The Hall–Kier alpha value is -2.17. The van der Waals surface area contributed by atoms with Crippen molar-refractivity contribution in [3.05, 3.63) is 24.3 Å². The van der Waals surface area contributed by atoms with Gasteiger partial charge in [0.2, 0.25) is 15.9 Å². The van der Waals surface area contributed by atoms with Crippen molar-refractivity contribution in [1.29, 1.82) is 0 Å². The van der Waals surface area contributed by atoms with E-state index in [9.17, 15) is 23.2 Å². The molecule has 1 heterocycles. The molecule has 0 spiro atoms. The van der Waals surface area contributed by atoms with E-state index in [1.54, 1.807) is 22.5 Å². The van der Waals surface area contributed by atoms with Gasteiger partial charge in [0, 0.05) is 19.6 Å². The van der Waals surface area contributed by atoms with E-state index in [1.807, 2.05) is 13.8 Å². The van der Waals surface area contributed by atoms with Crippen molar-refractivity contribution >= 4 is 21.8 Å². The lowest BCUT2D eigenvalue weighted by Crippen LogP contribution is -2.53. The summed E-state index contributed by atoms with van der Waals surface area (Å²) in [5, 5.41) is 9.47. The number of hydrogen-bond donors (Lipinski definition) is 3. The van der Waals surface area contributed by atoms with Crippen LogP contribution in [0.4, 0.5) is 0 Å². The SMILES string of the molecule is COc1ccc(S(=O)(=O)NCCC[C@](CCC(C)C)(C(=O)NO)C(=O)N2CCCCC2)cc1. The third kappa shape index (κ3) is 7.15. The highest BCUT2D eigenvalue weighted by atomic mass is 32.2. The number of hydroxylamine groups is 1. The molecule has 0 radical (unpaired) electrons. The van der Waals surface area contributed by atoms with Crippen LogP contribution in [0.15, 0.2) is 29.2 Å². The van der Waals surface area contributed by atoms with Gasteiger partial charge in [-0.05, 0) is 75.1 Å². The lowest BCUT2D eigenvalue weighted by atomic mass is 9.75. The molecule has 1 aliphatic rings. The largest absolute Gasteiger partial charge is 0.497 e. The van der Waals surface area contributed by atoms with Gasteiger partial charge in [-0.2, -0.15) is 0 Å². The van der Waals surface area contributed by atoms with Crippen LogP contribution >= 0.6 is 0 Å². The molecule has 1 atom stereocenters. The molecule has 1 fully saturated rings. The molecule has 1 saturated heterocycles. The number of hydrogen-bond acceptors (Lipinski definition) is 6. The van der Waals surface area contributed by atoms with Crippen LogP contribution in [0.2, 0.25) is 0 Å². The van der Waals surface area contributed by atoms with Crippen molar-refractivity contribution in [3.8, 4) is 5.75 Å². The Morgan fingerprint density at radius 2 is 1.76 bits per heavy atom. The standard InChI is InChI=1S/C23H37N3O6S/c1-18(2)12-14-23(21(27)25-29,22(28)26-16-5-4-6-17-26)13-7-15-24-33(30,31)20-10-8-19(32-3)9-11-20/h8-11,18,24,29H,4-7,12-17H2,1-3H3,(H,25,27)/t23-/m0/s1. The zero-order valence-corrected chi connectivity index (χ0v) is 20.6. The number of carbonyl (C=O) groups is 2.